The highest BCUT2D eigenvalue weighted by molar-refractivity contribution is 6.30. The fourth-order valence-electron chi connectivity index (χ4n) is 3.07. The van der Waals surface area contributed by atoms with Crippen molar-refractivity contribution in [1.29, 1.82) is 5.26 Å². The van der Waals surface area contributed by atoms with Crippen molar-refractivity contribution in [3.8, 4) is 6.07 Å². The minimum absolute atomic E-state index is 0.405. The van der Waals surface area contributed by atoms with E-state index in [-0.39, 0.29) is 0 Å². The van der Waals surface area contributed by atoms with Crippen molar-refractivity contribution < 1.29 is 4.74 Å². The molecule has 1 fully saturated rings. The number of rotatable bonds is 6. The zero-order valence-electron chi connectivity index (χ0n) is 15.7. The lowest BCUT2D eigenvalue weighted by Gasteiger charge is -2.27. The monoisotopic (exact) mass is 409 g/mol. The smallest absolute Gasteiger partial charge is 0.168 e. The van der Waals surface area contributed by atoms with Crippen molar-refractivity contribution in [3.63, 3.8) is 0 Å². The number of anilines is 4. The molecule has 3 aromatic rings. The number of benzene rings is 1. The first kappa shape index (κ1) is 19.1. The van der Waals surface area contributed by atoms with Crippen LogP contribution in [0.1, 0.15) is 11.1 Å². The predicted octanol–water partition coefficient (Wildman–Crippen LogP) is 3.52. The van der Waals surface area contributed by atoms with E-state index in [0.29, 0.717) is 28.8 Å². The van der Waals surface area contributed by atoms with Gasteiger partial charge in [0.25, 0.3) is 0 Å². The number of morpholine rings is 1. The van der Waals surface area contributed by atoms with Crippen LogP contribution in [-0.4, -0.2) is 41.5 Å². The summed E-state index contributed by atoms with van der Waals surface area (Å²) in [7, 11) is 0. The highest BCUT2D eigenvalue weighted by atomic mass is 35.5. The van der Waals surface area contributed by atoms with Gasteiger partial charge in [-0.25, -0.2) is 4.98 Å². The van der Waals surface area contributed by atoms with Crippen molar-refractivity contribution in [1.82, 2.24) is 15.2 Å². The number of ether oxygens (including phenoxy) is 1. The lowest BCUT2D eigenvalue weighted by molar-refractivity contribution is 0.122. The minimum Gasteiger partial charge on any atom is -0.378 e. The molecule has 0 unspecified atom stereocenters. The van der Waals surface area contributed by atoms with Crippen LogP contribution in [0.5, 0.6) is 0 Å². The van der Waals surface area contributed by atoms with Crippen LogP contribution in [0, 0.1) is 11.3 Å². The molecule has 29 heavy (non-hydrogen) atoms. The maximum atomic E-state index is 9.55. The van der Waals surface area contributed by atoms with E-state index in [1.165, 1.54) is 0 Å². The van der Waals surface area contributed by atoms with Crippen LogP contribution >= 0.6 is 11.6 Å². The second-order valence-electron chi connectivity index (χ2n) is 6.55. The van der Waals surface area contributed by atoms with Gasteiger partial charge in [0.15, 0.2) is 5.82 Å². The second kappa shape index (κ2) is 8.82. The van der Waals surface area contributed by atoms with Gasteiger partial charge in [-0.15, -0.1) is 0 Å². The topological polar surface area (TPSA) is 102 Å². The van der Waals surface area contributed by atoms with E-state index < -0.39 is 0 Å². The van der Waals surface area contributed by atoms with Crippen LogP contribution in [0.2, 0.25) is 5.02 Å². The summed E-state index contributed by atoms with van der Waals surface area (Å²) in [5.74, 6) is 1.94. The Morgan fingerprint density at radius 2 is 2.10 bits per heavy atom. The summed E-state index contributed by atoms with van der Waals surface area (Å²) < 4.78 is 5.37. The summed E-state index contributed by atoms with van der Waals surface area (Å²) in [5, 5.41) is 23.6. The van der Waals surface area contributed by atoms with Gasteiger partial charge in [-0.1, -0.05) is 23.7 Å². The lowest BCUT2D eigenvalue weighted by atomic mass is 10.2. The molecule has 0 bridgehead atoms. The van der Waals surface area contributed by atoms with Gasteiger partial charge in [-0.2, -0.15) is 10.4 Å². The Bertz CT molecular complexity index is 1010. The van der Waals surface area contributed by atoms with Gasteiger partial charge in [0.2, 0.25) is 0 Å². The standard InChI is InChI=1S/C20H20ClN7O/c21-15-2-1-3-16(10-15)25-20-17(11-22)19(26-27-20)24-13-14-4-5-18(23-12-14)28-6-8-29-9-7-28/h1-5,10,12H,6-9,13H2,(H3,24,25,26,27). The third kappa shape index (κ3) is 4.59. The van der Waals surface area contributed by atoms with E-state index >= 15 is 0 Å². The van der Waals surface area contributed by atoms with E-state index in [4.69, 9.17) is 16.3 Å². The highest BCUT2D eigenvalue weighted by Crippen LogP contribution is 2.25. The Hall–Kier alpha value is -3.28. The summed E-state index contributed by atoms with van der Waals surface area (Å²) in [6.07, 6.45) is 1.83. The van der Waals surface area contributed by atoms with Crippen molar-refractivity contribution in [2.45, 2.75) is 6.54 Å². The van der Waals surface area contributed by atoms with Crippen molar-refractivity contribution in [2.24, 2.45) is 0 Å². The number of hydrogen-bond acceptors (Lipinski definition) is 7. The van der Waals surface area contributed by atoms with Crippen LogP contribution in [0.25, 0.3) is 0 Å². The van der Waals surface area contributed by atoms with Crippen LogP contribution in [-0.2, 0) is 11.3 Å². The molecular weight excluding hydrogens is 390 g/mol. The molecule has 8 nitrogen and oxygen atoms in total. The third-order valence-electron chi connectivity index (χ3n) is 4.58. The van der Waals surface area contributed by atoms with Gasteiger partial charge in [0, 0.05) is 36.5 Å². The largest absolute Gasteiger partial charge is 0.378 e. The van der Waals surface area contributed by atoms with Gasteiger partial charge >= 0.3 is 0 Å². The Morgan fingerprint density at radius 1 is 1.24 bits per heavy atom. The van der Waals surface area contributed by atoms with Gasteiger partial charge in [-0.3, -0.25) is 5.10 Å². The number of pyridine rings is 1. The maximum absolute atomic E-state index is 9.55. The molecule has 0 spiro atoms. The zero-order chi connectivity index (χ0) is 20.1. The second-order valence-corrected chi connectivity index (χ2v) is 6.98. The molecule has 0 atom stereocenters. The number of nitrogens with zero attached hydrogens (tertiary/aromatic N) is 4. The van der Waals surface area contributed by atoms with Crippen LogP contribution in [0.3, 0.4) is 0 Å². The van der Waals surface area contributed by atoms with E-state index in [1.807, 2.05) is 30.5 Å². The van der Waals surface area contributed by atoms with E-state index in [2.05, 4.69) is 36.8 Å². The van der Waals surface area contributed by atoms with Crippen LogP contribution < -0.4 is 15.5 Å². The molecule has 148 valence electrons. The Labute approximate surface area is 173 Å². The average Bonchev–Trinajstić information content (AvgIpc) is 3.14. The number of nitrogens with one attached hydrogen (secondary N) is 3. The molecule has 3 heterocycles. The van der Waals surface area contributed by atoms with Gasteiger partial charge in [0.1, 0.15) is 23.3 Å². The van der Waals surface area contributed by atoms with Crippen LogP contribution in [0.4, 0.5) is 23.1 Å². The fourth-order valence-corrected chi connectivity index (χ4v) is 3.26. The number of halogens is 1. The quantitative estimate of drug-likeness (QED) is 0.572. The number of nitriles is 1. The molecule has 4 rings (SSSR count). The summed E-state index contributed by atoms with van der Waals surface area (Å²) in [5.41, 5.74) is 2.17. The first-order chi connectivity index (χ1) is 14.2. The molecule has 0 amide bonds. The Morgan fingerprint density at radius 3 is 2.83 bits per heavy atom. The summed E-state index contributed by atoms with van der Waals surface area (Å²) in [6, 6.07) is 13.5. The number of H-pyrrole nitrogens is 1. The minimum atomic E-state index is 0.405. The molecule has 9 heteroatoms. The van der Waals surface area contributed by atoms with Crippen molar-refractivity contribution in [3.05, 3.63) is 58.7 Å². The summed E-state index contributed by atoms with van der Waals surface area (Å²) in [6.45, 7) is 3.67. The number of aromatic nitrogens is 3. The summed E-state index contributed by atoms with van der Waals surface area (Å²) >= 11 is 6.01. The zero-order valence-corrected chi connectivity index (χ0v) is 16.4. The lowest BCUT2D eigenvalue weighted by Crippen LogP contribution is -2.36. The van der Waals surface area contributed by atoms with E-state index in [1.54, 1.807) is 12.1 Å². The Balaban J connectivity index is 1.41. The first-order valence-electron chi connectivity index (χ1n) is 9.25. The molecular formula is C20H20ClN7O. The molecule has 0 radical (unpaired) electrons. The average molecular weight is 410 g/mol. The van der Waals surface area contributed by atoms with E-state index in [0.717, 1.165) is 43.4 Å². The number of hydrogen-bond donors (Lipinski definition) is 3. The molecule has 1 aromatic carbocycles. The predicted molar refractivity (Wildman–Crippen MR) is 113 cm³/mol. The maximum Gasteiger partial charge on any atom is 0.168 e. The van der Waals surface area contributed by atoms with Crippen LogP contribution in [0.15, 0.2) is 42.6 Å². The summed E-state index contributed by atoms with van der Waals surface area (Å²) in [4.78, 5) is 6.74. The Kier molecular flexibility index (Phi) is 5.79. The van der Waals surface area contributed by atoms with Gasteiger partial charge < -0.3 is 20.3 Å². The SMILES string of the molecule is N#Cc1c(NCc2ccc(N3CCOCC3)nc2)n[nH]c1Nc1cccc(Cl)c1. The van der Waals surface area contributed by atoms with Crippen molar-refractivity contribution in [2.75, 3.05) is 41.8 Å². The molecule has 3 N–H and O–H groups in total. The van der Waals surface area contributed by atoms with Gasteiger partial charge in [0.05, 0.1) is 13.2 Å². The normalized spacial score (nSPS) is 13.7. The first-order valence-corrected chi connectivity index (χ1v) is 9.63. The molecule has 1 aliphatic rings. The van der Waals surface area contributed by atoms with Crippen molar-refractivity contribution >= 4 is 34.7 Å². The molecule has 0 aliphatic carbocycles. The highest BCUT2D eigenvalue weighted by Gasteiger charge is 2.14. The molecule has 1 saturated heterocycles. The number of aromatic amines is 1. The third-order valence-corrected chi connectivity index (χ3v) is 4.81. The van der Waals surface area contributed by atoms with E-state index in [9.17, 15) is 5.26 Å². The molecule has 1 aliphatic heterocycles. The molecule has 2 aromatic heterocycles. The fraction of sp³-hybridized carbons (Fsp3) is 0.250. The van der Waals surface area contributed by atoms with Gasteiger partial charge in [-0.05, 0) is 29.8 Å². The molecule has 0 saturated carbocycles.